The Morgan fingerprint density at radius 2 is 2.19 bits per heavy atom. The number of amides is 1. The van der Waals surface area contributed by atoms with Gasteiger partial charge in [0.15, 0.2) is 0 Å². The SMILES string of the molecule is O=C(c1ncn[nH]1)N1C2CCCC1COC2. The number of ether oxygens (including phenoxy) is 1. The molecular formula is C10H14N4O2. The van der Waals surface area contributed by atoms with Crippen LogP contribution >= 0.6 is 0 Å². The summed E-state index contributed by atoms with van der Waals surface area (Å²) in [7, 11) is 0. The van der Waals surface area contributed by atoms with Gasteiger partial charge in [-0.15, -0.1) is 0 Å². The molecule has 3 heterocycles. The van der Waals surface area contributed by atoms with Crippen LogP contribution < -0.4 is 0 Å². The zero-order valence-electron chi connectivity index (χ0n) is 8.93. The third kappa shape index (κ3) is 1.49. The highest BCUT2D eigenvalue weighted by Crippen LogP contribution is 2.28. The zero-order valence-corrected chi connectivity index (χ0v) is 8.93. The number of carbonyl (C=O) groups is 1. The molecule has 0 saturated carbocycles. The molecule has 1 aromatic heterocycles. The lowest BCUT2D eigenvalue weighted by atomic mass is 9.94. The summed E-state index contributed by atoms with van der Waals surface area (Å²) in [4.78, 5) is 18.1. The monoisotopic (exact) mass is 222 g/mol. The van der Waals surface area contributed by atoms with Crippen LogP contribution in [0.5, 0.6) is 0 Å². The number of hydrogen-bond donors (Lipinski definition) is 1. The number of piperidine rings is 1. The van der Waals surface area contributed by atoms with Crippen LogP contribution in [0.2, 0.25) is 0 Å². The second-order valence-electron chi connectivity index (χ2n) is 4.32. The molecule has 2 aliphatic rings. The molecule has 1 amide bonds. The number of carbonyl (C=O) groups excluding carboxylic acids is 1. The van der Waals surface area contributed by atoms with Crippen LogP contribution in [0, 0.1) is 0 Å². The maximum Gasteiger partial charge on any atom is 0.291 e. The van der Waals surface area contributed by atoms with Gasteiger partial charge in [-0.3, -0.25) is 9.89 Å². The molecule has 2 fully saturated rings. The summed E-state index contributed by atoms with van der Waals surface area (Å²) in [6.45, 7) is 1.30. The Morgan fingerprint density at radius 1 is 1.44 bits per heavy atom. The van der Waals surface area contributed by atoms with E-state index < -0.39 is 0 Å². The number of rotatable bonds is 1. The molecule has 3 rings (SSSR count). The molecule has 2 saturated heterocycles. The van der Waals surface area contributed by atoms with Crippen molar-refractivity contribution in [3.05, 3.63) is 12.2 Å². The normalized spacial score (nSPS) is 29.1. The van der Waals surface area contributed by atoms with Crippen LogP contribution in [0.3, 0.4) is 0 Å². The first-order valence-corrected chi connectivity index (χ1v) is 5.62. The van der Waals surface area contributed by atoms with Crippen molar-refractivity contribution in [1.82, 2.24) is 20.1 Å². The fourth-order valence-corrected chi connectivity index (χ4v) is 2.60. The van der Waals surface area contributed by atoms with E-state index in [4.69, 9.17) is 4.74 Å². The molecule has 0 aromatic carbocycles. The van der Waals surface area contributed by atoms with Crippen molar-refractivity contribution in [1.29, 1.82) is 0 Å². The Balaban J connectivity index is 1.85. The molecular weight excluding hydrogens is 208 g/mol. The summed E-state index contributed by atoms with van der Waals surface area (Å²) in [6, 6.07) is 0.426. The number of H-pyrrole nitrogens is 1. The van der Waals surface area contributed by atoms with Crippen LogP contribution in [-0.4, -0.2) is 51.3 Å². The summed E-state index contributed by atoms with van der Waals surface area (Å²) >= 11 is 0. The first kappa shape index (κ1) is 9.77. The van der Waals surface area contributed by atoms with Crippen molar-refractivity contribution in [3.8, 4) is 0 Å². The predicted molar refractivity (Wildman–Crippen MR) is 54.8 cm³/mol. The lowest BCUT2D eigenvalue weighted by molar-refractivity contribution is -0.0570. The molecule has 1 N–H and O–H groups in total. The number of fused-ring (bicyclic) bond motifs is 2. The molecule has 1 aromatic rings. The Labute approximate surface area is 93.0 Å². The molecule has 2 atom stereocenters. The Bertz CT molecular complexity index is 356. The molecule has 0 aliphatic carbocycles. The Kier molecular flexibility index (Phi) is 2.36. The van der Waals surface area contributed by atoms with Crippen molar-refractivity contribution in [2.45, 2.75) is 31.3 Å². The summed E-state index contributed by atoms with van der Waals surface area (Å²) in [5.74, 6) is 0.286. The van der Waals surface area contributed by atoms with E-state index in [0.717, 1.165) is 12.8 Å². The number of hydrogen-bond acceptors (Lipinski definition) is 4. The van der Waals surface area contributed by atoms with Gasteiger partial charge < -0.3 is 9.64 Å². The van der Waals surface area contributed by atoms with Gasteiger partial charge in [-0.1, -0.05) is 0 Å². The van der Waals surface area contributed by atoms with Gasteiger partial charge in [-0.25, -0.2) is 4.98 Å². The van der Waals surface area contributed by atoms with E-state index in [1.165, 1.54) is 12.7 Å². The first-order chi connectivity index (χ1) is 7.86. The first-order valence-electron chi connectivity index (χ1n) is 5.62. The molecule has 2 bridgehead atoms. The van der Waals surface area contributed by atoms with Gasteiger partial charge in [0.05, 0.1) is 25.3 Å². The standard InChI is InChI=1S/C10H14N4O2/c15-10(9-11-6-12-13-9)14-7-2-1-3-8(14)5-16-4-7/h6-8H,1-5H2,(H,11,12,13). The van der Waals surface area contributed by atoms with Gasteiger partial charge >= 0.3 is 0 Å². The maximum absolute atomic E-state index is 12.2. The smallest absolute Gasteiger partial charge is 0.291 e. The van der Waals surface area contributed by atoms with Gasteiger partial charge in [0.1, 0.15) is 6.33 Å². The van der Waals surface area contributed by atoms with Crippen LogP contribution in [0.25, 0.3) is 0 Å². The van der Waals surface area contributed by atoms with E-state index >= 15 is 0 Å². The summed E-state index contributed by atoms with van der Waals surface area (Å²) in [5.41, 5.74) is 0. The van der Waals surface area contributed by atoms with Crippen molar-refractivity contribution < 1.29 is 9.53 Å². The molecule has 2 aliphatic heterocycles. The van der Waals surface area contributed by atoms with Crippen molar-refractivity contribution >= 4 is 5.91 Å². The lowest BCUT2D eigenvalue weighted by Gasteiger charge is -2.45. The van der Waals surface area contributed by atoms with E-state index in [2.05, 4.69) is 15.2 Å². The number of aromatic amines is 1. The third-order valence-corrected chi connectivity index (χ3v) is 3.33. The molecule has 6 nitrogen and oxygen atoms in total. The quantitative estimate of drug-likeness (QED) is 0.736. The van der Waals surface area contributed by atoms with Crippen molar-refractivity contribution in [2.75, 3.05) is 13.2 Å². The zero-order chi connectivity index (χ0) is 11.0. The van der Waals surface area contributed by atoms with Crippen LogP contribution in [-0.2, 0) is 4.74 Å². The molecule has 0 radical (unpaired) electrons. The Hall–Kier alpha value is -1.43. The van der Waals surface area contributed by atoms with Crippen molar-refractivity contribution in [2.24, 2.45) is 0 Å². The maximum atomic E-state index is 12.2. The summed E-state index contributed by atoms with van der Waals surface area (Å²) in [5, 5.41) is 6.35. The minimum Gasteiger partial charge on any atom is -0.377 e. The number of nitrogens with one attached hydrogen (secondary N) is 1. The van der Waals surface area contributed by atoms with Gasteiger partial charge in [0.25, 0.3) is 5.91 Å². The van der Waals surface area contributed by atoms with Crippen LogP contribution in [0.15, 0.2) is 6.33 Å². The summed E-state index contributed by atoms with van der Waals surface area (Å²) in [6.07, 6.45) is 4.59. The molecule has 2 unspecified atom stereocenters. The van der Waals surface area contributed by atoms with Crippen LogP contribution in [0.1, 0.15) is 29.9 Å². The average molecular weight is 222 g/mol. The Morgan fingerprint density at radius 3 is 2.81 bits per heavy atom. The molecule has 6 heteroatoms. The number of nitrogens with zero attached hydrogens (tertiary/aromatic N) is 3. The second-order valence-corrected chi connectivity index (χ2v) is 4.32. The molecule has 16 heavy (non-hydrogen) atoms. The predicted octanol–water partition coefficient (Wildman–Crippen LogP) is 0.198. The highest BCUT2D eigenvalue weighted by Gasteiger charge is 2.38. The van der Waals surface area contributed by atoms with Crippen molar-refractivity contribution in [3.63, 3.8) is 0 Å². The van der Waals surface area contributed by atoms with E-state index in [0.29, 0.717) is 19.0 Å². The molecule has 0 spiro atoms. The lowest BCUT2D eigenvalue weighted by Crippen LogP contribution is -2.57. The third-order valence-electron chi connectivity index (χ3n) is 3.33. The largest absolute Gasteiger partial charge is 0.377 e. The average Bonchev–Trinajstić information content (AvgIpc) is 2.80. The second kappa shape index (κ2) is 3.86. The fourth-order valence-electron chi connectivity index (χ4n) is 2.60. The van der Waals surface area contributed by atoms with Gasteiger partial charge in [0.2, 0.25) is 5.82 Å². The van der Waals surface area contributed by atoms with Gasteiger partial charge in [-0.2, -0.15) is 5.10 Å². The van der Waals surface area contributed by atoms with Crippen LogP contribution in [0.4, 0.5) is 0 Å². The highest BCUT2D eigenvalue weighted by atomic mass is 16.5. The minimum absolute atomic E-state index is 0.0458. The number of aromatic nitrogens is 3. The van der Waals surface area contributed by atoms with E-state index in [9.17, 15) is 4.79 Å². The summed E-state index contributed by atoms with van der Waals surface area (Å²) < 4.78 is 5.49. The number of morpholine rings is 1. The topological polar surface area (TPSA) is 71.1 Å². The van der Waals surface area contributed by atoms with Gasteiger partial charge in [-0.05, 0) is 19.3 Å². The van der Waals surface area contributed by atoms with Gasteiger partial charge in [0, 0.05) is 0 Å². The fraction of sp³-hybridized carbons (Fsp3) is 0.700. The highest BCUT2D eigenvalue weighted by molar-refractivity contribution is 5.91. The minimum atomic E-state index is -0.0458. The van der Waals surface area contributed by atoms with E-state index in [-0.39, 0.29) is 18.0 Å². The van der Waals surface area contributed by atoms with E-state index in [1.54, 1.807) is 0 Å². The van der Waals surface area contributed by atoms with E-state index in [1.807, 2.05) is 4.90 Å². The molecule has 86 valence electrons.